The van der Waals surface area contributed by atoms with Crippen LogP contribution in [0.25, 0.3) is 10.9 Å². The second-order valence-corrected chi connectivity index (χ2v) is 6.65. The average molecular weight is 325 g/mol. The lowest BCUT2D eigenvalue weighted by atomic mass is 10.0. The van der Waals surface area contributed by atoms with E-state index in [0.29, 0.717) is 16.6 Å². The molecule has 2 N–H and O–H groups in total. The van der Waals surface area contributed by atoms with Crippen molar-refractivity contribution in [3.05, 3.63) is 29.0 Å². The lowest BCUT2D eigenvalue weighted by Crippen LogP contribution is -2.38. The molecule has 7 heteroatoms. The number of aromatic nitrogens is 2. The van der Waals surface area contributed by atoms with Crippen LogP contribution in [0.1, 0.15) is 39.0 Å². The number of carbonyl (C=O) groups is 1. The van der Waals surface area contributed by atoms with Gasteiger partial charge in [0.05, 0.1) is 5.52 Å². The number of amides is 1. The first-order chi connectivity index (χ1) is 10.6. The maximum Gasteiger partial charge on any atom is 0.407 e. The molecule has 0 saturated carbocycles. The molecule has 2 rings (SSSR count). The van der Waals surface area contributed by atoms with Crippen molar-refractivity contribution in [1.29, 1.82) is 0 Å². The average Bonchev–Trinajstić information content (AvgIpc) is 2.73. The van der Waals surface area contributed by atoms with Crippen molar-refractivity contribution in [2.24, 2.45) is 0 Å². The van der Waals surface area contributed by atoms with Gasteiger partial charge >= 0.3 is 6.09 Å². The number of aryl methyl sites for hydroxylation is 1. The predicted octanol–water partition coefficient (Wildman–Crippen LogP) is 3.61. The highest BCUT2D eigenvalue weighted by molar-refractivity contribution is 5.85. The smallest absolute Gasteiger partial charge is 0.407 e. The summed E-state index contributed by atoms with van der Waals surface area (Å²) in [6.45, 7) is 8.70. The van der Waals surface area contributed by atoms with Gasteiger partial charge in [0.15, 0.2) is 11.6 Å². The largest absolute Gasteiger partial charge is 0.444 e. The highest BCUT2D eigenvalue weighted by atomic mass is 19.2. The van der Waals surface area contributed by atoms with Gasteiger partial charge in [-0.25, -0.2) is 13.6 Å². The fourth-order valence-electron chi connectivity index (χ4n) is 2.43. The molecule has 1 aromatic heterocycles. The SMILES string of the molecule is Cc1[nH]nc2cc(F)c(F)c(C[C@H](C)NC(=O)OC(C)(C)C)c12. The number of nitrogens with one attached hydrogen (secondary N) is 2. The van der Waals surface area contributed by atoms with E-state index in [1.54, 1.807) is 34.6 Å². The van der Waals surface area contributed by atoms with Crippen LogP contribution in [0.15, 0.2) is 6.07 Å². The molecule has 0 unspecified atom stereocenters. The number of alkyl carbamates (subject to hydrolysis) is 1. The van der Waals surface area contributed by atoms with Gasteiger partial charge in [-0.1, -0.05) is 0 Å². The zero-order chi connectivity index (χ0) is 17.4. The maximum atomic E-state index is 14.2. The quantitative estimate of drug-likeness (QED) is 0.906. The molecule has 0 spiro atoms. The summed E-state index contributed by atoms with van der Waals surface area (Å²) in [6.07, 6.45) is -0.471. The number of halogens is 2. The van der Waals surface area contributed by atoms with Crippen LogP contribution < -0.4 is 5.32 Å². The number of fused-ring (bicyclic) bond motifs is 1. The summed E-state index contributed by atoms with van der Waals surface area (Å²) in [7, 11) is 0. The molecular weight excluding hydrogens is 304 g/mol. The molecule has 126 valence electrons. The maximum absolute atomic E-state index is 14.2. The van der Waals surface area contributed by atoms with E-state index < -0.39 is 29.4 Å². The Balaban J connectivity index is 2.23. The summed E-state index contributed by atoms with van der Waals surface area (Å²) in [5, 5.41) is 9.85. The fraction of sp³-hybridized carbons (Fsp3) is 0.500. The van der Waals surface area contributed by atoms with Crippen molar-refractivity contribution in [2.75, 3.05) is 0 Å². The van der Waals surface area contributed by atoms with Gasteiger partial charge in [-0.3, -0.25) is 5.10 Å². The van der Waals surface area contributed by atoms with E-state index in [9.17, 15) is 13.6 Å². The number of carbonyl (C=O) groups excluding carboxylic acids is 1. The minimum absolute atomic E-state index is 0.125. The van der Waals surface area contributed by atoms with Crippen molar-refractivity contribution >= 4 is 17.0 Å². The normalized spacial score (nSPS) is 13.2. The summed E-state index contributed by atoms with van der Waals surface area (Å²) in [5.74, 6) is -1.87. The van der Waals surface area contributed by atoms with Crippen LogP contribution in [0.5, 0.6) is 0 Å². The highest BCUT2D eigenvalue weighted by Gasteiger charge is 2.22. The summed E-state index contributed by atoms with van der Waals surface area (Å²) in [4.78, 5) is 11.8. The van der Waals surface area contributed by atoms with E-state index in [0.717, 1.165) is 6.07 Å². The second-order valence-electron chi connectivity index (χ2n) is 6.65. The lowest BCUT2D eigenvalue weighted by Gasteiger charge is -2.22. The third-order valence-electron chi connectivity index (χ3n) is 3.29. The van der Waals surface area contributed by atoms with E-state index in [-0.39, 0.29) is 12.0 Å². The minimum atomic E-state index is -0.955. The van der Waals surface area contributed by atoms with Gasteiger partial charge in [0.25, 0.3) is 0 Å². The first kappa shape index (κ1) is 17.2. The summed E-state index contributed by atoms with van der Waals surface area (Å²) >= 11 is 0. The molecule has 0 aliphatic rings. The lowest BCUT2D eigenvalue weighted by molar-refractivity contribution is 0.0508. The Bertz CT molecular complexity index is 735. The molecule has 0 saturated heterocycles. The van der Waals surface area contributed by atoms with Crippen molar-refractivity contribution in [1.82, 2.24) is 15.5 Å². The summed E-state index contributed by atoms with van der Waals surface area (Å²) in [6, 6.07) is 0.627. The number of aromatic amines is 1. The Morgan fingerprint density at radius 3 is 2.70 bits per heavy atom. The number of nitrogens with zero attached hydrogens (tertiary/aromatic N) is 1. The molecule has 23 heavy (non-hydrogen) atoms. The van der Waals surface area contributed by atoms with E-state index in [1.165, 1.54) is 0 Å². The van der Waals surface area contributed by atoms with Crippen molar-refractivity contribution in [2.45, 2.75) is 52.7 Å². The van der Waals surface area contributed by atoms with Crippen LogP contribution in [-0.4, -0.2) is 27.9 Å². The van der Waals surface area contributed by atoms with Crippen molar-refractivity contribution in [3.63, 3.8) is 0 Å². The molecular formula is C16H21F2N3O2. The molecule has 1 heterocycles. The molecule has 0 aliphatic carbocycles. The fourth-order valence-corrected chi connectivity index (χ4v) is 2.43. The summed E-state index contributed by atoms with van der Waals surface area (Å²) in [5.41, 5.74) is 0.580. The Morgan fingerprint density at radius 1 is 1.43 bits per heavy atom. The van der Waals surface area contributed by atoms with Gasteiger partial charge in [-0.15, -0.1) is 0 Å². The van der Waals surface area contributed by atoms with Crippen molar-refractivity contribution < 1.29 is 18.3 Å². The van der Waals surface area contributed by atoms with E-state index >= 15 is 0 Å². The number of hydrogen-bond donors (Lipinski definition) is 2. The second kappa shape index (κ2) is 6.14. The highest BCUT2D eigenvalue weighted by Crippen LogP contribution is 2.26. The number of H-pyrrole nitrogens is 1. The van der Waals surface area contributed by atoms with Crippen LogP contribution in [0.2, 0.25) is 0 Å². The minimum Gasteiger partial charge on any atom is -0.444 e. The molecule has 1 amide bonds. The molecule has 0 fully saturated rings. The standard InChI is InChI=1S/C16H21F2N3O2/c1-8(19-15(22)23-16(3,4)5)6-10-13-9(2)20-21-12(13)7-11(17)14(10)18/h7-8H,6H2,1-5H3,(H,19,22)(H,20,21)/t8-/m0/s1. The van der Waals surface area contributed by atoms with E-state index in [1.807, 2.05) is 0 Å². The first-order valence-electron chi connectivity index (χ1n) is 7.39. The van der Waals surface area contributed by atoms with E-state index in [4.69, 9.17) is 4.74 Å². The van der Waals surface area contributed by atoms with Crippen molar-refractivity contribution in [3.8, 4) is 0 Å². The van der Waals surface area contributed by atoms with Crippen LogP contribution >= 0.6 is 0 Å². The number of rotatable bonds is 3. The molecule has 2 aromatic rings. The monoisotopic (exact) mass is 325 g/mol. The van der Waals surface area contributed by atoms with Gasteiger partial charge in [0.1, 0.15) is 5.60 Å². The van der Waals surface area contributed by atoms with Crippen LogP contribution in [0, 0.1) is 18.6 Å². The Labute approximate surface area is 133 Å². The Kier molecular flexibility index (Phi) is 4.58. The van der Waals surface area contributed by atoms with Gasteiger partial charge in [0, 0.05) is 28.8 Å². The summed E-state index contributed by atoms with van der Waals surface area (Å²) < 4.78 is 33.1. The van der Waals surface area contributed by atoms with Crippen LogP contribution in [0.3, 0.4) is 0 Å². The van der Waals surface area contributed by atoms with Crippen LogP contribution in [-0.2, 0) is 11.2 Å². The van der Waals surface area contributed by atoms with Gasteiger partial charge < -0.3 is 10.1 Å². The Hall–Kier alpha value is -2.18. The topological polar surface area (TPSA) is 67.0 Å². The third kappa shape index (κ3) is 3.97. The number of ether oxygens (including phenoxy) is 1. The Morgan fingerprint density at radius 2 is 2.09 bits per heavy atom. The molecule has 0 radical (unpaired) electrons. The molecule has 5 nitrogen and oxygen atoms in total. The van der Waals surface area contributed by atoms with Crippen LogP contribution in [0.4, 0.5) is 13.6 Å². The molecule has 0 aliphatic heterocycles. The molecule has 0 bridgehead atoms. The van der Waals surface area contributed by atoms with Gasteiger partial charge in [0.2, 0.25) is 0 Å². The zero-order valence-corrected chi connectivity index (χ0v) is 13.9. The van der Waals surface area contributed by atoms with Gasteiger partial charge in [-0.2, -0.15) is 5.10 Å². The number of hydrogen-bond acceptors (Lipinski definition) is 3. The predicted molar refractivity (Wildman–Crippen MR) is 83.3 cm³/mol. The first-order valence-corrected chi connectivity index (χ1v) is 7.39. The zero-order valence-electron chi connectivity index (χ0n) is 13.9. The number of benzene rings is 1. The molecule has 1 atom stereocenters. The third-order valence-corrected chi connectivity index (χ3v) is 3.29. The van der Waals surface area contributed by atoms with Gasteiger partial charge in [-0.05, 0) is 41.0 Å². The van der Waals surface area contributed by atoms with E-state index in [2.05, 4.69) is 15.5 Å². The molecule has 1 aromatic carbocycles.